The zero-order valence-electron chi connectivity index (χ0n) is 11.4. The zero-order valence-corrected chi connectivity index (χ0v) is 11.4. The van der Waals surface area contributed by atoms with Crippen LogP contribution in [0.25, 0.3) is 22.4 Å². The van der Waals surface area contributed by atoms with E-state index < -0.39 is 17.2 Å². The van der Waals surface area contributed by atoms with Crippen LogP contribution in [0.4, 0.5) is 0 Å². The third-order valence-electron chi connectivity index (χ3n) is 3.33. The summed E-state index contributed by atoms with van der Waals surface area (Å²) in [5.41, 5.74) is 2.82. The number of benzene rings is 2. The molecule has 0 unspecified atom stereocenters. The second-order valence-corrected chi connectivity index (χ2v) is 4.84. The van der Waals surface area contributed by atoms with Gasteiger partial charge in [-0.2, -0.15) is 0 Å². The monoisotopic (exact) mass is 295 g/mol. The molecular formula is C17H13NO4. The van der Waals surface area contributed by atoms with Gasteiger partial charge in [0.05, 0.1) is 5.69 Å². The van der Waals surface area contributed by atoms with E-state index in [0.29, 0.717) is 11.1 Å². The van der Waals surface area contributed by atoms with Crippen LogP contribution in [0.5, 0.6) is 23.0 Å². The van der Waals surface area contributed by atoms with Crippen LogP contribution in [0.1, 0.15) is 0 Å². The molecular weight excluding hydrogens is 282 g/mol. The van der Waals surface area contributed by atoms with Crippen LogP contribution in [0.15, 0.2) is 54.7 Å². The Morgan fingerprint density at radius 1 is 0.636 bits per heavy atom. The van der Waals surface area contributed by atoms with Crippen molar-refractivity contribution in [1.82, 2.24) is 4.98 Å². The minimum atomic E-state index is -0.544. The molecule has 4 N–H and O–H groups in total. The number of hydrogen-bond donors (Lipinski definition) is 4. The summed E-state index contributed by atoms with van der Waals surface area (Å²) < 4.78 is 0. The molecule has 0 aliphatic rings. The highest BCUT2D eigenvalue weighted by atomic mass is 16.3. The van der Waals surface area contributed by atoms with Crippen molar-refractivity contribution < 1.29 is 20.4 Å². The molecule has 0 bridgehead atoms. The maximum atomic E-state index is 9.55. The maximum Gasteiger partial charge on any atom is 0.200 e. The number of rotatable bonds is 2. The van der Waals surface area contributed by atoms with Crippen LogP contribution in [0.3, 0.4) is 0 Å². The van der Waals surface area contributed by atoms with Gasteiger partial charge in [-0.25, -0.2) is 0 Å². The quantitative estimate of drug-likeness (QED) is 0.545. The van der Waals surface area contributed by atoms with Crippen molar-refractivity contribution >= 4 is 0 Å². The fourth-order valence-electron chi connectivity index (χ4n) is 2.14. The molecule has 3 rings (SSSR count). The lowest BCUT2D eigenvalue weighted by Crippen LogP contribution is -1.85. The first-order valence-corrected chi connectivity index (χ1v) is 6.55. The van der Waals surface area contributed by atoms with Crippen molar-refractivity contribution in [3.8, 4) is 45.4 Å². The van der Waals surface area contributed by atoms with E-state index >= 15 is 0 Å². The van der Waals surface area contributed by atoms with Crippen molar-refractivity contribution in [3.63, 3.8) is 0 Å². The number of hydrogen-bond acceptors (Lipinski definition) is 5. The smallest absolute Gasteiger partial charge is 0.200 e. The van der Waals surface area contributed by atoms with Crippen molar-refractivity contribution in [1.29, 1.82) is 0 Å². The molecule has 0 fully saturated rings. The van der Waals surface area contributed by atoms with Gasteiger partial charge >= 0.3 is 0 Å². The van der Waals surface area contributed by atoms with Gasteiger partial charge in [-0.05, 0) is 48.0 Å². The van der Waals surface area contributed by atoms with E-state index in [9.17, 15) is 20.4 Å². The fourth-order valence-corrected chi connectivity index (χ4v) is 2.14. The lowest BCUT2D eigenvalue weighted by Gasteiger charge is -2.07. The van der Waals surface area contributed by atoms with E-state index in [-0.39, 0.29) is 5.75 Å². The van der Waals surface area contributed by atoms with E-state index in [1.165, 1.54) is 12.1 Å². The fraction of sp³-hybridized carbons (Fsp3) is 0. The van der Waals surface area contributed by atoms with Crippen LogP contribution in [0, 0.1) is 0 Å². The molecule has 110 valence electrons. The Morgan fingerprint density at radius 2 is 1.23 bits per heavy atom. The van der Waals surface area contributed by atoms with Crippen LogP contribution >= 0.6 is 0 Å². The largest absolute Gasteiger partial charge is 0.508 e. The molecule has 0 aliphatic heterocycles. The van der Waals surface area contributed by atoms with Crippen molar-refractivity contribution in [2.24, 2.45) is 0 Å². The van der Waals surface area contributed by atoms with E-state index in [4.69, 9.17) is 0 Å². The van der Waals surface area contributed by atoms with Crippen molar-refractivity contribution in [2.45, 2.75) is 0 Å². The van der Waals surface area contributed by atoms with Gasteiger partial charge in [-0.1, -0.05) is 6.07 Å². The summed E-state index contributed by atoms with van der Waals surface area (Å²) in [7, 11) is 0. The molecule has 0 spiro atoms. The molecule has 0 radical (unpaired) electrons. The highest BCUT2D eigenvalue weighted by Crippen LogP contribution is 2.38. The molecule has 5 heteroatoms. The van der Waals surface area contributed by atoms with Crippen LogP contribution in [-0.4, -0.2) is 25.4 Å². The number of phenols is 4. The van der Waals surface area contributed by atoms with E-state index in [1.807, 2.05) is 0 Å². The van der Waals surface area contributed by atoms with Gasteiger partial charge in [0.1, 0.15) is 5.75 Å². The Hall–Kier alpha value is -3.21. The number of phenolic OH excluding ortho intramolecular Hbond substituents is 4. The molecule has 0 aliphatic carbocycles. The Kier molecular flexibility index (Phi) is 3.31. The molecule has 1 heterocycles. The first-order chi connectivity index (χ1) is 10.5. The van der Waals surface area contributed by atoms with Gasteiger partial charge in [0.15, 0.2) is 17.2 Å². The van der Waals surface area contributed by atoms with Crippen LogP contribution in [-0.2, 0) is 0 Å². The van der Waals surface area contributed by atoms with Gasteiger partial charge in [-0.15, -0.1) is 0 Å². The second kappa shape index (κ2) is 5.29. The van der Waals surface area contributed by atoms with E-state index in [0.717, 1.165) is 11.3 Å². The number of nitrogens with zero attached hydrogens (tertiary/aromatic N) is 1. The highest BCUT2D eigenvalue weighted by molar-refractivity contribution is 5.71. The summed E-state index contributed by atoms with van der Waals surface area (Å²) in [6.45, 7) is 0. The predicted octanol–water partition coefficient (Wildman–Crippen LogP) is 3.24. The zero-order chi connectivity index (χ0) is 15.7. The maximum absolute atomic E-state index is 9.55. The molecule has 0 amide bonds. The summed E-state index contributed by atoms with van der Waals surface area (Å²) >= 11 is 0. The summed E-state index contributed by atoms with van der Waals surface area (Å²) in [6, 6.07) is 13.0. The van der Waals surface area contributed by atoms with Gasteiger partial charge < -0.3 is 20.4 Å². The lowest BCUT2D eigenvalue weighted by atomic mass is 10.0. The SMILES string of the molecule is Oc1ccc(-c2ccc(-c3cc(O)c(O)c(O)c3)cn2)cc1. The van der Waals surface area contributed by atoms with Crippen LogP contribution in [0.2, 0.25) is 0 Å². The number of pyridine rings is 1. The molecule has 0 saturated heterocycles. The standard InChI is InChI=1S/C17H13NO4/c19-13-4-1-10(2-5-13)14-6-3-11(9-18-14)12-7-15(20)17(22)16(21)8-12/h1-9,19-22H. The minimum Gasteiger partial charge on any atom is -0.508 e. The first kappa shape index (κ1) is 13.8. The minimum absolute atomic E-state index is 0.190. The van der Waals surface area contributed by atoms with Crippen LogP contribution < -0.4 is 0 Å². The Labute approximate surface area is 126 Å². The summed E-state index contributed by atoms with van der Waals surface area (Å²) in [4.78, 5) is 4.33. The van der Waals surface area contributed by atoms with Gasteiger partial charge in [0.2, 0.25) is 0 Å². The number of aromatic nitrogens is 1. The molecule has 0 atom stereocenters. The second-order valence-electron chi connectivity index (χ2n) is 4.84. The first-order valence-electron chi connectivity index (χ1n) is 6.55. The lowest BCUT2D eigenvalue weighted by molar-refractivity contribution is 0.368. The molecule has 3 aromatic rings. The summed E-state index contributed by atoms with van der Waals surface area (Å²) in [5, 5.41) is 37.7. The molecule has 5 nitrogen and oxygen atoms in total. The predicted molar refractivity (Wildman–Crippen MR) is 81.8 cm³/mol. The normalized spacial score (nSPS) is 10.5. The third-order valence-corrected chi connectivity index (χ3v) is 3.33. The van der Waals surface area contributed by atoms with E-state index in [2.05, 4.69) is 4.98 Å². The summed E-state index contributed by atoms with van der Waals surface area (Å²) in [6.07, 6.45) is 1.60. The van der Waals surface area contributed by atoms with E-state index in [1.54, 1.807) is 42.6 Å². The Bertz CT molecular complexity index is 788. The summed E-state index contributed by atoms with van der Waals surface area (Å²) in [5.74, 6) is -1.14. The van der Waals surface area contributed by atoms with Crippen molar-refractivity contribution in [2.75, 3.05) is 0 Å². The molecule has 22 heavy (non-hydrogen) atoms. The Morgan fingerprint density at radius 3 is 1.77 bits per heavy atom. The topological polar surface area (TPSA) is 93.8 Å². The molecule has 0 saturated carbocycles. The Balaban J connectivity index is 1.96. The number of aromatic hydroxyl groups is 4. The van der Waals surface area contributed by atoms with Crippen molar-refractivity contribution in [3.05, 3.63) is 54.7 Å². The molecule has 1 aromatic heterocycles. The average molecular weight is 295 g/mol. The van der Waals surface area contributed by atoms with Gasteiger partial charge in [0.25, 0.3) is 0 Å². The third kappa shape index (κ3) is 2.52. The van der Waals surface area contributed by atoms with Gasteiger partial charge in [0, 0.05) is 17.3 Å². The average Bonchev–Trinajstić information content (AvgIpc) is 2.53. The van der Waals surface area contributed by atoms with Gasteiger partial charge in [-0.3, -0.25) is 4.98 Å². The highest BCUT2D eigenvalue weighted by Gasteiger charge is 2.10. The molecule has 2 aromatic carbocycles.